The summed E-state index contributed by atoms with van der Waals surface area (Å²) in [7, 11) is 0. The van der Waals surface area contributed by atoms with Gasteiger partial charge in [0.25, 0.3) is 0 Å². The van der Waals surface area contributed by atoms with Gasteiger partial charge < -0.3 is 15.8 Å². The lowest BCUT2D eigenvalue weighted by Gasteiger charge is -2.18. The van der Waals surface area contributed by atoms with Crippen molar-refractivity contribution in [2.75, 3.05) is 0 Å². The van der Waals surface area contributed by atoms with Gasteiger partial charge in [0.05, 0.1) is 5.60 Å². The molecule has 0 saturated carbocycles. The van der Waals surface area contributed by atoms with Gasteiger partial charge in [0.1, 0.15) is 0 Å². The van der Waals surface area contributed by atoms with Crippen LogP contribution in [0, 0.1) is 6.73 Å². The van der Waals surface area contributed by atoms with E-state index in [2.05, 4.69) is 5.32 Å². The predicted octanol–water partition coefficient (Wildman–Crippen LogP) is 0.589. The van der Waals surface area contributed by atoms with Gasteiger partial charge in [-0.2, -0.15) is 0 Å². The molecule has 3 N–H and O–H groups in total. The molecule has 0 aromatic carbocycles. The third-order valence-electron chi connectivity index (χ3n) is 0.614. The molecule has 0 aromatic rings. The van der Waals surface area contributed by atoms with Crippen molar-refractivity contribution in [2.24, 2.45) is 5.73 Å². The average Bonchev–Trinajstić information content (AvgIpc) is 1.59. The molecule has 0 heterocycles. The largest absolute Gasteiger partial charge is 0.352 e. The number of ether oxygens (including phenoxy) is 1. The molecule has 0 spiro atoms. The lowest BCUT2D eigenvalue weighted by Crippen LogP contribution is -2.31. The van der Waals surface area contributed by atoms with Crippen molar-refractivity contribution in [3.8, 4) is 0 Å². The number of hydrogen-bond acceptors (Lipinski definition) is 2. The summed E-state index contributed by atoms with van der Waals surface area (Å²) in [6.07, 6.45) is 0. The van der Waals surface area contributed by atoms with Crippen LogP contribution >= 0.6 is 0 Å². The van der Waals surface area contributed by atoms with Crippen molar-refractivity contribution in [1.82, 2.24) is 5.32 Å². The highest BCUT2D eigenvalue weighted by molar-refractivity contribution is 5.71. The highest BCUT2D eigenvalue weighted by Crippen LogP contribution is 2.06. The van der Waals surface area contributed by atoms with E-state index in [0.717, 1.165) is 0 Å². The first-order valence-corrected chi connectivity index (χ1v) is 2.97. The molecule has 4 heteroatoms. The maximum Gasteiger partial charge on any atom is 0.314 e. The first kappa shape index (κ1) is 9.23. The SMILES string of the molecule is CC(C)(C)O[CH]NC(N)=O. The number of urea groups is 1. The molecule has 10 heavy (non-hydrogen) atoms. The molecule has 0 unspecified atom stereocenters. The van der Waals surface area contributed by atoms with Crippen molar-refractivity contribution in [3.63, 3.8) is 0 Å². The Morgan fingerprint density at radius 1 is 1.60 bits per heavy atom. The van der Waals surface area contributed by atoms with Gasteiger partial charge >= 0.3 is 6.03 Å². The fourth-order valence-corrected chi connectivity index (χ4v) is 0.264. The van der Waals surface area contributed by atoms with Gasteiger partial charge in [0.2, 0.25) is 0 Å². The number of nitrogens with one attached hydrogen (secondary N) is 1. The first-order chi connectivity index (χ1) is 4.42. The standard InChI is InChI=1S/C6H13N2O2/c1-6(2,3)10-4-8-5(7)9/h4H,1-3H3,(H3,7,8,9). The van der Waals surface area contributed by atoms with Crippen molar-refractivity contribution < 1.29 is 9.53 Å². The number of hydrogen-bond donors (Lipinski definition) is 2. The molecular weight excluding hydrogens is 132 g/mol. The van der Waals surface area contributed by atoms with Gasteiger partial charge in [0.15, 0.2) is 6.73 Å². The normalized spacial score (nSPS) is 11.1. The smallest absolute Gasteiger partial charge is 0.314 e. The number of nitrogens with two attached hydrogens (primary N) is 1. The number of primary amides is 1. The van der Waals surface area contributed by atoms with Crippen molar-refractivity contribution in [2.45, 2.75) is 26.4 Å². The molecule has 0 atom stereocenters. The first-order valence-electron chi connectivity index (χ1n) is 2.97. The van der Waals surface area contributed by atoms with Gasteiger partial charge in [-0.25, -0.2) is 4.79 Å². The second kappa shape index (κ2) is 3.41. The molecule has 0 fully saturated rings. The maximum atomic E-state index is 10.1. The average molecular weight is 145 g/mol. The second-order valence-corrected chi connectivity index (χ2v) is 2.86. The number of rotatable bonds is 2. The lowest BCUT2D eigenvalue weighted by atomic mass is 10.2. The van der Waals surface area contributed by atoms with Gasteiger partial charge in [0, 0.05) is 0 Å². The van der Waals surface area contributed by atoms with E-state index >= 15 is 0 Å². The minimum Gasteiger partial charge on any atom is -0.352 e. The van der Waals surface area contributed by atoms with Crippen LogP contribution in [0.3, 0.4) is 0 Å². The molecule has 0 saturated heterocycles. The lowest BCUT2D eigenvalue weighted by molar-refractivity contribution is 0.0355. The summed E-state index contributed by atoms with van der Waals surface area (Å²) < 4.78 is 5.00. The monoisotopic (exact) mass is 145 g/mol. The van der Waals surface area contributed by atoms with E-state index in [1.165, 1.54) is 6.73 Å². The summed E-state index contributed by atoms with van der Waals surface area (Å²) in [6, 6.07) is -0.621. The van der Waals surface area contributed by atoms with Crippen LogP contribution in [0.4, 0.5) is 4.79 Å². The van der Waals surface area contributed by atoms with E-state index in [9.17, 15) is 4.79 Å². The predicted molar refractivity (Wildman–Crippen MR) is 37.9 cm³/mol. The molecule has 0 aliphatic heterocycles. The van der Waals surface area contributed by atoms with E-state index in [4.69, 9.17) is 10.5 Å². The van der Waals surface area contributed by atoms with Crippen LogP contribution in [0.5, 0.6) is 0 Å². The molecule has 0 aliphatic rings. The van der Waals surface area contributed by atoms with Crippen LogP contribution in [-0.2, 0) is 4.74 Å². The summed E-state index contributed by atoms with van der Waals surface area (Å²) in [5, 5.41) is 2.19. The van der Waals surface area contributed by atoms with Crippen LogP contribution in [0.2, 0.25) is 0 Å². The molecule has 0 rings (SSSR count). The Morgan fingerprint density at radius 2 is 2.10 bits per heavy atom. The molecule has 1 radical (unpaired) electrons. The van der Waals surface area contributed by atoms with Gasteiger partial charge in [-0.05, 0) is 20.8 Å². The van der Waals surface area contributed by atoms with E-state index in [1.54, 1.807) is 0 Å². The summed E-state index contributed by atoms with van der Waals surface area (Å²) >= 11 is 0. The van der Waals surface area contributed by atoms with E-state index in [0.29, 0.717) is 0 Å². The summed E-state index contributed by atoms with van der Waals surface area (Å²) in [6.45, 7) is 6.78. The Bertz CT molecular complexity index is 117. The fraction of sp³-hybridized carbons (Fsp3) is 0.667. The molecule has 0 aromatic heterocycles. The van der Waals surface area contributed by atoms with Gasteiger partial charge in [-0.3, -0.25) is 0 Å². The van der Waals surface area contributed by atoms with E-state index in [1.807, 2.05) is 20.8 Å². The Morgan fingerprint density at radius 3 is 2.40 bits per heavy atom. The zero-order valence-corrected chi connectivity index (χ0v) is 6.47. The molecule has 0 aliphatic carbocycles. The maximum absolute atomic E-state index is 10.1. The third kappa shape index (κ3) is 7.23. The Kier molecular flexibility index (Phi) is 3.15. The van der Waals surface area contributed by atoms with Crippen molar-refractivity contribution in [1.29, 1.82) is 0 Å². The Hall–Kier alpha value is -0.770. The summed E-state index contributed by atoms with van der Waals surface area (Å²) in [4.78, 5) is 10.1. The number of carbonyl (C=O) groups excluding carboxylic acids is 1. The van der Waals surface area contributed by atoms with Crippen LogP contribution in [-0.4, -0.2) is 11.6 Å². The number of amides is 2. The molecular formula is C6H13N2O2. The van der Waals surface area contributed by atoms with Crippen molar-refractivity contribution in [3.05, 3.63) is 6.73 Å². The minimum absolute atomic E-state index is 0.289. The summed E-state index contributed by atoms with van der Waals surface area (Å²) in [5.41, 5.74) is 4.47. The van der Waals surface area contributed by atoms with Crippen LogP contribution in [0.1, 0.15) is 20.8 Å². The number of carbonyl (C=O) groups is 1. The zero-order valence-electron chi connectivity index (χ0n) is 6.47. The zero-order chi connectivity index (χ0) is 8.20. The molecule has 59 valence electrons. The third-order valence-corrected chi connectivity index (χ3v) is 0.614. The van der Waals surface area contributed by atoms with Crippen LogP contribution in [0.15, 0.2) is 0 Å². The second-order valence-electron chi connectivity index (χ2n) is 2.86. The Labute approximate surface area is 60.7 Å². The van der Waals surface area contributed by atoms with Crippen LogP contribution < -0.4 is 11.1 Å². The molecule has 4 nitrogen and oxygen atoms in total. The van der Waals surface area contributed by atoms with Gasteiger partial charge in [-0.1, -0.05) is 0 Å². The van der Waals surface area contributed by atoms with Gasteiger partial charge in [-0.15, -0.1) is 0 Å². The fourth-order valence-electron chi connectivity index (χ4n) is 0.264. The van der Waals surface area contributed by atoms with Crippen LogP contribution in [0.25, 0.3) is 0 Å². The highest BCUT2D eigenvalue weighted by Gasteiger charge is 2.09. The van der Waals surface area contributed by atoms with Crippen molar-refractivity contribution >= 4 is 6.03 Å². The van der Waals surface area contributed by atoms with E-state index < -0.39 is 6.03 Å². The minimum atomic E-state index is -0.621. The topological polar surface area (TPSA) is 64.3 Å². The summed E-state index contributed by atoms with van der Waals surface area (Å²) in [5.74, 6) is 0. The highest BCUT2D eigenvalue weighted by atomic mass is 16.5. The molecule has 2 amide bonds. The molecule has 0 bridgehead atoms. The quantitative estimate of drug-likeness (QED) is 0.597. The Balaban J connectivity index is 3.29. The van der Waals surface area contributed by atoms with E-state index in [-0.39, 0.29) is 5.60 Å².